The summed E-state index contributed by atoms with van der Waals surface area (Å²) >= 11 is 0. The largest absolute Gasteiger partial charge is 0.394 e. The Bertz CT molecular complexity index is 354. The molecule has 0 bridgehead atoms. The maximum absolute atomic E-state index is 11.6. The number of unbranched alkanes of at least 4 members (excludes halogenated alkanes) is 1. The van der Waals surface area contributed by atoms with E-state index in [0.717, 1.165) is 19.3 Å². The normalized spacial score (nSPS) is 12.1. The van der Waals surface area contributed by atoms with E-state index in [1.165, 1.54) is 5.56 Å². The summed E-state index contributed by atoms with van der Waals surface area (Å²) in [6.45, 7) is 0.246. The number of aliphatic hydroxyl groups is 1. The first kappa shape index (κ1) is 15.7. The van der Waals surface area contributed by atoms with Gasteiger partial charge in [0.1, 0.15) is 0 Å². The summed E-state index contributed by atoms with van der Waals surface area (Å²) in [4.78, 5) is 11.6. The number of amides is 1. The Kier molecular flexibility index (Phi) is 7.86. The second-order valence-corrected chi connectivity index (χ2v) is 4.60. The average Bonchev–Trinajstić information content (AvgIpc) is 2.44. The van der Waals surface area contributed by atoms with Crippen LogP contribution in [0.2, 0.25) is 0 Å². The summed E-state index contributed by atoms with van der Waals surface area (Å²) in [5.74, 6) is -0.0239. The predicted octanol–water partition coefficient (Wildman–Crippen LogP) is 1.52. The predicted molar refractivity (Wildman–Crippen MR) is 74.9 cm³/mol. The van der Waals surface area contributed by atoms with Crippen molar-refractivity contribution in [3.8, 4) is 0 Å². The molecular formula is C15H23NO3. The van der Waals surface area contributed by atoms with Crippen molar-refractivity contribution in [2.75, 3.05) is 20.3 Å². The van der Waals surface area contributed by atoms with Crippen LogP contribution in [0.15, 0.2) is 30.3 Å². The summed E-state index contributed by atoms with van der Waals surface area (Å²) in [6, 6.07) is 9.95. The van der Waals surface area contributed by atoms with Crippen LogP contribution in [0.5, 0.6) is 0 Å². The Morgan fingerprint density at radius 1 is 1.32 bits per heavy atom. The molecule has 0 fully saturated rings. The Morgan fingerprint density at radius 3 is 2.68 bits per heavy atom. The minimum atomic E-state index is -0.299. The van der Waals surface area contributed by atoms with Crippen molar-refractivity contribution < 1.29 is 14.6 Å². The minimum Gasteiger partial charge on any atom is -0.394 e. The summed E-state index contributed by atoms with van der Waals surface area (Å²) in [5, 5.41) is 11.8. The molecule has 19 heavy (non-hydrogen) atoms. The first-order valence-electron chi connectivity index (χ1n) is 6.69. The van der Waals surface area contributed by atoms with Crippen LogP contribution < -0.4 is 5.32 Å². The number of rotatable bonds is 9. The molecule has 0 saturated carbocycles. The molecule has 0 radical (unpaired) electrons. The van der Waals surface area contributed by atoms with Crippen LogP contribution in [0, 0.1) is 0 Å². The first-order valence-corrected chi connectivity index (χ1v) is 6.69. The Hall–Kier alpha value is -1.39. The van der Waals surface area contributed by atoms with Crippen LogP contribution in [0.1, 0.15) is 24.8 Å². The van der Waals surface area contributed by atoms with E-state index in [0.29, 0.717) is 13.0 Å². The van der Waals surface area contributed by atoms with Gasteiger partial charge in [-0.1, -0.05) is 30.3 Å². The second-order valence-electron chi connectivity index (χ2n) is 4.60. The van der Waals surface area contributed by atoms with Crippen molar-refractivity contribution in [2.45, 2.75) is 31.7 Å². The van der Waals surface area contributed by atoms with E-state index in [1.807, 2.05) is 18.2 Å². The number of aliphatic hydroxyl groups excluding tert-OH is 1. The van der Waals surface area contributed by atoms with E-state index in [-0.39, 0.29) is 18.6 Å². The van der Waals surface area contributed by atoms with E-state index in [1.54, 1.807) is 7.11 Å². The number of methoxy groups -OCH3 is 1. The third kappa shape index (κ3) is 6.94. The molecule has 2 N–H and O–H groups in total. The average molecular weight is 265 g/mol. The smallest absolute Gasteiger partial charge is 0.220 e. The zero-order chi connectivity index (χ0) is 13.9. The molecule has 0 aliphatic rings. The standard InChI is InChI=1S/C15H23NO3/c1-19-12-14(11-17)16-15(18)10-6-5-9-13-7-3-2-4-8-13/h2-4,7-8,14,17H,5-6,9-12H2,1H3,(H,16,18)/t14-/m1/s1. The Labute approximate surface area is 114 Å². The van der Waals surface area contributed by atoms with Crippen LogP contribution in [-0.2, 0) is 16.0 Å². The lowest BCUT2D eigenvalue weighted by Gasteiger charge is -2.15. The van der Waals surface area contributed by atoms with Gasteiger partial charge < -0.3 is 15.2 Å². The molecule has 4 heteroatoms. The SMILES string of the molecule is COC[C@@H](CO)NC(=O)CCCCc1ccccc1. The fourth-order valence-corrected chi connectivity index (χ4v) is 1.90. The highest BCUT2D eigenvalue weighted by atomic mass is 16.5. The fourth-order valence-electron chi connectivity index (χ4n) is 1.90. The van der Waals surface area contributed by atoms with Gasteiger partial charge in [-0.2, -0.15) is 0 Å². The number of ether oxygens (including phenoxy) is 1. The number of carbonyl (C=O) groups is 1. The van der Waals surface area contributed by atoms with Crippen molar-refractivity contribution in [2.24, 2.45) is 0 Å². The van der Waals surface area contributed by atoms with Crippen molar-refractivity contribution in [3.63, 3.8) is 0 Å². The van der Waals surface area contributed by atoms with Crippen molar-refractivity contribution in [3.05, 3.63) is 35.9 Å². The maximum Gasteiger partial charge on any atom is 0.220 e. The summed E-state index contributed by atoms with van der Waals surface area (Å²) in [6.07, 6.45) is 3.33. The number of benzene rings is 1. The zero-order valence-corrected chi connectivity index (χ0v) is 11.5. The summed E-state index contributed by atoms with van der Waals surface area (Å²) in [7, 11) is 1.55. The van der Waals surface area contributed by atoms with Gasteiger partial charge in [0.05, 0.1) is 19.3 Å². The van der Waals surface area contributed by atoms with Gasteiger partial charge in [-0.05, 0) is 24.8 Å². The lowest BCUT2D eigenvalue weighted by Crippen LogP contribution is -2.40. The molecule has 106 valence electrons. The van der Waals surface area contributed by atoms with Gasteiger partial charge >= 0.3 is 0 Å². The third-order valence-corrected chi connectivity index (χ3v) is 2.92. The molecule has 1 amide bonds. The van der Waals surface area contributed by atoms with Gasteiger partial charge in [-0.3, -0.25) is 4.79 Å². The van der Waals surface area contributed by atoms with Crippen LogP contribution in [-0.4, -0.2) is 37.4 Å². The maximum atomic E-state index is 11.6. The first-order chi connectivity index (χ1) is 9.26. The highest BCUT2D eigenvalue weighted by Crippen LogP contribution is 2.06. The van der Waals surface area contributed by atoms with E-state index in [4.69, 9.17) is 9.84 Å². The molecule has 0 heterocycles. The lowest BCUT2D eigenvalue weighted by atomic mass is 10.1. The Morgan fingerprint density at radius 2 is 2.05 bits per heavy atom. The molecule has 1 aromatic carbocycles. The topological polar surface area (TPSA) is 58.6 Å². The molecule has 0 unspecified atom stereocenters. The molecule has 0 saturated heterocycles. The van der Waals surface area contributed by atoms with E-state index < -0.39 is 0 Å². The van der Waals surface area contributed by atoms with Crippen molar-refractivity contribution >= 4 is 5.91 Å². The van der Waals surface area contributed by atoms with Gasteiger partial charge in [0.15, 0.2) is 0 Å². The molecule has 1 atom stereocenters. The Balaban J connectivity index is 2.13. The third-order valence-electron chi connectivity index (χ3n) is 2.92. The molecule has 0 aliphatic carbocycles. The number of carbonyl (C=O) groups excluding carboxylic acids is 1. The fraction of sp³-hybridized carbons (Fsp3) is 0.533. The molecule has 0 aliphatic heterocycles. The highest BCUT2D eigenvalue weighted by Gasteiger charge is 2.10. The van der Waals surface area contributed by atoms with E-state index in [9.17, 15) is 4.79 Å². The van der Waals surface area contributed by atoms with Gasteiger partial charge in [0.25, 0.3) is 0 Å². The van der Waals surface area contributed by atoms with Crippen LogP contribution >= 0.6 is 0 Å². The van der Waals surface area contributed by atoms with Gasteiger partial charge in [-0.25, -0.2) is 0 Å². The molecule has 1 aromatic rings. The summed E-state index contributed by atoms with van der Waals surface area (Å²) in [5.41, 5.74) is 1.30. The van der Waals surface area contributed by atoms with Crippen LogP contribution in [0.3, 0.4) is 0 Å². The second kappa shape index (κ2) is 9.53. The van der Waals surface area contributed by atoms with Crippen molar-refractivity contribution in [1.29, 1.82) is 0 Å². The molecule has 0 aromatic heterocycles. The van der Waals surface area contributed by atoms with Gasteiger partial charge in [0.2, 0.25) is 5.91 Å². The zero-order valence-electron chi connectivity index (χ0n) is 11.5. The number of hydrogen-bond donors (Lipinski definition) is 2. The monoisotopic (exact) mass is 265 g/mol. The van der Waals surface area contributed by atoms with E-state index in [2.05, 4.69) is 17.4 Å². The van der Waals surface area contributed by atoms with Gasteiger partial charge in [0, 0.05) is 13.5 Å². The quantitative estimate of drug-likeness (QED) is 0.666. The molecular weight excluding hydrogens is 242 g/mol. The van der Waals surface area contributed by atoms with Crippen molar-refractivity contribution in [1.82, 2.24) is 5.32 Å². The van der Waals surface area contributed by atoms with Gasteiger partial charge in [-0.15, -0.1) is 0 Å². The number of nitrogens with one attached hydrogen (secondary N) is 1. The molecule has 4 nitrogen and oxygen atoms in total. The van der Waals surface area contributed by atoms with E-state index >= 15 is 0 Å². The number of aryl methyl sites for hydroxylation is 1. The summed E-state index contributed by atoms with van der Waals surface area (Å²) < 4.78 is 4.90. The highest BCUT2D eigenvalue weighted by molar-refractivity contribution is 5.76. The lowest BCUT2D eigenvalue weighted by molar-refractivity contribution is -0.122. The minimum absolute atomic E-state index is 0.0239. The van der Waals surface area contributed by atoms with Crippen LogP contribution in [0.4, 0.5) is 0 Å². The van der Waals surface area contributed by atoms with Crippen LogP contribution in [0.25, 0.3) is 0 Å². The number of hydrogen-bond acceptors (Lipinski definition) is 3. The molecule has 1 rings (SSSR count). The molecule has 0 spiro atoms.